The maximum atomic E-state index is 13.1. The number of nitrogens with zero attached hydrogens (tertiary/aromatic N) is 5. The first-order valence-corrected chi connectivity index (χ1v) is 12.4. The molecule has 0 aliphatic carbocycles. The molecule has 3 aromatic rings. The summed E-state index contributed by atoms with van der Waals surface area (Å²) in [6, 6.07) is 18.5. The molecule has 9 heteroatoms. The molecule has 1 saturated heterocycles. The summed E-state index contributed by atoms with van der Waals surface area (Å²) in [6.07, 6.45) is 0. The van der Waals surface area contributed by atoms with Gasteiger partial charge in [-0.1, -0.05) is 18.2 Å². The summed E-state index contributed by atoms with van der Waals surface area (Å²) in [4.78, 5) is 31.8. The molecule has 0 radical (unpaired) electrons. The summed E-state index contributed by atoms with van der Waals surface area (Å²) < 4.78 is 10.5. The van der Waals surface area contributed by atoms with Gasteiger partial charge in [-0.3, -0.25) is 9.59 Å². The summed E-state index contributed by atoms with van der Waals surface area (Å²) in [5.41, 5.74) is 2.21. The van der Waals surface area contributed by atoms with Gasteiger partial charge in [-0.25, -0.2) is 0 Å². The van der Waals surface area contributed by atoms with E-state index in [0.29, 0.717) is 37.5 Å². The van der Waals surface area contributed by atoms with Crippen LogP contribution in [0.5, 0.6) is 11.5 Å². The Morgan fingerprint density at radius 3 is 2.19 bits per heavy atom. The molecule has 1 aliphatic heterocycles. The molecule has 9 nitrogen and oxygen atoms in total. The number of amides is 2. The normalized spacial score (nSPS) is 13.4. The van der Waals surface area contributed by atoms with Gasteiger partial charge in [0.2, 0.25) is 5.91 Å². The summed E-state index contributed by atoms with van der Waals surface area (Å²) >= 11 is 0. The van der Waals surface area contributed by atoms with E-state index in [4.69, 9.17) is 9.47 Å². The van der Waals surface area contributed by atoms with Crippen molar-refractivity contribution in [2.24, 2.45) is 0 Å². The third-order valence-corrected chi connectivity index (χ3v) is 6.48. The van der Waals surface area contributed by atoms with Gasteiger partial charge in [0.25, 0.3) is 5.91 Å². The maximum absolute atomic E-state index is 13.1. The lowest BCUT2D eigenvalue weighted by atomic mass is 10.1. The summed E-state index contributed by atoms with van der Waals surface area (Å²) in [6.45, 7) is 6.25. The van der Waals surface area contributed by atoms with Gasteiger partial charge in [-0.2, -0.15) is 0 Å². The Labute approximate surface area is 217 Å². The lowest BCUT2D eigenvalue weighted by molar-refractivity contribution is -0.132. The van der Waals surface area contributed by atoms with Gasteiger partial charge in [0.05, 0.1) is 19.9 Å². The molecular weight excluding hydrogens is 470 g/mol. The van der Waals surface area contributed by atoms with Crippen LogP contribution in [-0.4, -0.2) is 84.8 Å². The minimum atomic E-state index is -0.188. The van der Waals surface area contributed by atoms with Gasteiger partial charge in [0.15, 0.2) is 5.82 Å². The summed E-state index contributed by atoms with van der Waals surface area (Å²) in [5, 5.41) is 8.81. The maximum Gasteiger partial charge on any atom is 0.254 e. The first-order valence-electron chi connectivity index (χ1n) is 12.4. The van der Waals surface area contributed by atoms with Crippen LogP contribution in [0.2, 0.25) is 0 Å². The minimum absolute atomic E-state index is 0.0305. The Hall–Kier alpha value is -4.14. The zero-order valence-electron chi connectivity index (χ0n) is 21.8. The zero-order valence-corrected chi connectivity index (χ0v) is 21.8. The molecule has 1 fully saturated rings. The molecule has 2 heterocycles. The molecule has 0 spiro atoms. The van der Waals surface area contributed by atoms with E-state index in [0.717, 1.165) is 22.8 Å². The largest absolute Gasteiger partial charge is 0.497 e. The van der Waals surface area contributed by atoms with Crippen molar-refractivity contribution in [3.63, 3.8) is 0 Å². The van der Waals surface area contributed by atoms with Crippen molar-refractivity contribution < 1.29 is 19.1 Å². The Morgan fingerprint density at radius 1 is 0.892 bits per heavy atom. The van der Waals surface area contributed by atoms with E-state index >= 15 is 0 Å². The lowest BCUT2D eigenvalue weighted by Gasteiger charge is -2.36. The number of anilines is 1. The molecule has 0 bridgehead atoms. The van der Waals surface area contributed by atoms with Crippen molar-refractivity contribution in [1.82, 2.24) is 20.0 Å². The molecule has 0 unspecified atom stereocenters. The van der Waals surface area contributed by atoms with Crippen LogP contribution in [0.25, 0.3) is 11.3 Å². The number of rotatable bonds is 8. The average Bonchev–Trinajstić information content (AvgIpc) is 2.95. The Kier molecular flexibility index (Phi) is 8.22. The van der Waals surface area contributed by atoms with Crippen LogP contribution < -0.4 is 14.4 Å². The first-order chi connectivity index (χ1) is 17.9. The van der Waals surface area contributed by atoms with Crippen molar-refractivity contribution in [1.29, 1.82) is 0 Å². The van der Waals surface area contributed by atoms with E-state index in [1.165, 1.54) is 0 Å². The molecule has 1 aliphatic rings. The van der Waals surface area contributed by atoms with Crippen molar-refractivity contribution in [3.05, 3.63) is 66.2 Å². The Bertz CT molecular complexity index is 1220. The minimum Gasteiger partial charge on any atom is -0.497 e. The quantitative estimate of drug-likeness (QED) is 0.466. The van der Waals surface area contributed by atoms with Gasteiger partial charge in [-0.15, -0.1) is 10.2 Å². The number of carbonyl (C=O) groups is 2. The van der Waals surface area contributed by atoms with Gasteiger partial charge >= 0.3 is 0 Å². The van der Waals surface area contributed by atoms with E-state index in [9.17, 15) is 9.59 Å². The first kappa shape index (κ1) is 25.9. The molecule has 2 amide bonds. The van der Waals surface area contributed by atoms with Crippen LogP contribution >= 0.6 is 0 Å². The fraction of sp³-hybridized carbons (Fsp3) is 0.357. The average molecular weight is 504 g/mol. The van der Waals surface area contributed by atoms with Crippen molar-refractivity contribution >= 4 is 17.6 Å². The lowest BCUT2D eigenvalue weighted by Crippen LogP contribution is -2.53. The van der Waals surface area contributed by atoms with E-state index in [2.05, 4.69) is 15.1 Å². The van der Waals surface area contributed by atoms with E-state index in [1.54, 1.807) is 43.4 Å². The Morgan fingerprint density at radius 2 is 1.57 bits per heavy atom. The molecule has 0 N–H and O–H groups in total. The molecule has 37 heavy (non-hydrogen) atoms. The summed E-state index contributed by atoms with van der Waals surface area (Å²) in [7, 11) is 3.20. The predicted octanol–water partition coefficient (Wildman–Crippen LogP) is 3.36. The van der Waals surface area contributed by atoms with E-state index < -0.39 is 0 Å². The number of hydrogen-bond donors (Lipinski definition) is 0. The Balaban J connectivity index is 1.35. The second-order valence-electron chi connectivity index (χ2n) is 9.14. The van der Waals surface area contributed by atoms with Crippen molar-refractivity contribution in [3.8, 4) is 22.8 Å². The second kappa shape index (κ2) is 11.7. The summed E-state index contributed by atoms with van der Waals surface area (Å²) in [5.74, 6) is 1.90. The van der Waals surface area contributed by atoms with Crippen LogP contribution in [0, 0.1) is 0 Å². The van der Waals surface area contributed by atoms with Gasteiger partial charge in [-0.05, 0) is 56.3 Å². The molecule has 2 aromatic carbocycles. The number of hydrogen-bond acceptors (Lipinski definition) is 7. The number of aromatic nitrogens is 2. The number of piperazine rings is 1. The number of methoxy groups -OCH3 is 2. The van der Waals surface area contributed by atoms with Crippen molar-refractivity contribution in [2.45, 2.75) is 19.9 Å². The van der Waals surface area contributed by atoms with Gasteiger partial charge in [0, 0.05) is 43.3 Å². The fourth-order valence-electron chi connectivity index (χ4n) is 4.27. The van der Waals surface area contributed by atoms with Gasteiger partial charge in [0.1, 0.15) is 18.0 Å². The van der Waals surface area contributed by atoms with E-state index in [1.807, 2.05) is 55.1 Å². The predicted molar refractivity (Wildman–Crippen MR) is 142 cm³/mol. The van der Waals surface area contributed by atoms with E-state index in [-0.39, 0.29) is 24.4 Å². The number of ether oxygens (including phenoxy) is 2. The monoisotopic (exact) mass is 503 g/mol. The third-order valence-electron chi connectivity index (χ3n) is 6.48. The van der Waals surface area contributed by atoms with Gasteiger partial charge < -0.3 is 24.2 Å². The number of carbonyl (C=O) groups excluding carboxylic acids is 2. The number of benzene rings is 2. The second-order valence-corrected chi connectivity index (χ2v) is 9.14. The third kappa shape index (κ3) is 6.17. The topological polar surface area (TPSA) is 88.1 Å². The fourth-order valence-corrected chi connectivity index (χ4v) is 4.27. The molecule has 0 saturated carbocycles. The smallest absolute Gasteiger partial charge is 0.254 e. The van der Waals surface area contributed by atoms with Crippen molar-refractivity contribution in [2.75, 3.05) is 51.8 Å². The highest BCUT2D eigenvalue weighted by Gasteiger charge is 2.27. The highest BCUT2D eigenvalue weighted by Crippen LogP contribution is 2.23. The SMILES string of the molecule is COc1cccc(C(=O)N(CC(=O)N2CCN(c3ccc(-c4cccc(OC)c4)nn3)CC2)C(C)C)c1. The molecule has 1 aromatic heterocycles. The standard InChI is InChI=1S/C28H33N5O4/c1-20(2)33(28(35)22-8-6-10-24(18-22)37-4)19-27(34)32-15-13-31(14-16-32)26-12-11-25(29-30-26)21-7-5-9-23(17-21)36-3/h5-12,17-18,20H,13-16,19H2,1-4H3. The molecule has 4 rings (SSSR count). The molecule has 194 valence electrons. The molecule has 0 atom stereocenters. The zero-order chi connectivity index (χ0) is 26.4. The highest BCUT2D eigenvalue weighted by atomic mass is 16.5. The van der Waals surface area contributed by atoms with Crippen LogP contribution in [0.15, 0.2) is 60.7 Å². The molecular formula is C28H33N5O4. The van der Waals surface area contributed by atoms with Crippen LogP contribution in [0.4, 0.5) is 5.82 Å². The highest BCUT2D eigenvalue weighted by molar-refractivity contribution is 5.97. The van der Waals surface area contributed by atoms with Crippen LogP contribution in [0.1, 0.15) is 24.2 Å². The van der Waals surface area contributed by atoms with Crippen LogP contribution in [0.3, 0.4) is 0 Å². The van der Waals surface area contributed by atoms with Crippen LogP contribution in [-0.2, 0) is 4.79 Å².